The van der Waals surface area contributed by atoms with Gasteiger partial charge in [-0.25, -0.2) is 8.42 Å². The molecule has 0 bridgehead atoms. The van der Waals surface area contributed by atoms with Crippen molar-refractivity contribution in [2.45, 2.75) is 44.0 Å². The minimum atomic E-state index is -3.92. The molecule has 2 atom stereocenters. The van der Waals surface area contributed by atoms with Gasteiger partial charge in [0.25, 0.3) is 15.0 Å². The Morgan fingerprint density at radius 2 is 2.10 bits per heavy atom. The van der Waals surface area contributed by atoms with Crippen LogP contribution in [0.2, 0.25) is 5.02 Å². The van der Waals surface area contributed by atoms with Gasteiger partial charge in [0.05, 0.1) is 4.90 Å². The van der Waals surface area contributed by atoms with Crippen molar-refractivity contribution in [1.29, 1.82) is 0 Å². The normalized spacial score (nSPS) is 21.1. The van der Waals surface area contributed by atoms with Crippen molar-refractivity contribution in [2.24, 2.45) is 5.92 Å². The van der Waals surface area contributed by atoms with E-state index in [1.54, 1.807) is 6.92 Å². The quantitative estimate of drug-likeness (QED) is 0.827. The third kappa shape index (κ3) is 3.90. The van der Waals surface area contributed by atoms with Crippen molar-refractivity contribution < 1.29 is 13.2 Å². The summed E-state index contributed by atoms with van der Waals surface area (Å²) >= 11 is 6.00. The Hall–Kier alpha value is -0.780. The number of hydrogen-bond donors (Lipinski definition) is 1. The number of amides is 1. The Morgan fingerprint density at radius 1 is 1.43 bits per heavy atom. The van der Waals surface area contributed by atoms with Gasteiger partial charge in [0.1, 0.15) is 0 Å². The van der Waals surface area contributed by atoms with Gasteiger partial charge in [0.15, 0.2) is 0 Å². The molecule has 1 N–H and O–H groups in total. The van der Waals surface area contributed by atoms with E-state index >= 15 is 0 Å². The van der Waals surface area contributed by atoms with Crippen molar-refractivity contribution in [3.05, 3.63) is 28.3 Å². The highest BCUT2D eigenvalue weighted by molar-refractivity contribution is 8.13. The van der Waals surface area contributed by atoms with Crippen molar-refractivity contribution in [3.63, 3.8) is 0 Å². The first-order valence-corrected chi connectivity index (χ1v) is 9.48. The zero-order chi connectivity index (χ0) is 15.8. The fourth-order valence-electron chi connectivity index (χ4n) is 2.39. The zero-order valence-electron chi connectivity index (χ0n) is 11.8. The third-order valence-electron chi connectivity index (χ3n) is 3.74. The summed E-state index contributed by atoms with van der Waals surface area (Å²) in [4.78, 5) is 12.1. The van der Waals surface area contributed by atoms with Crippen LogP contribution in [-0.4, -0.2) is 20.4 Å². The SMILES string of the molecule is CCCC1CC1NC(=O)c1cc(S(=O)(=O)Cl)cc(Cl)c1C. The molecule has 1 amide bonds. The molecule has 0 saturated heterocycles. The van der Waals surface area contributed by atoms with E-state index in [9.17, 15) is 13.2 Å². The van der Waals surface area contributed by atoms with Crippen LogP contribution in [0.25, 0.3) is 0 Å². The number of nitrogens with one attached hydrogen (secondary N) is 1. The summed E-state index contributed by atoms with van der Waals surface area (Å²) in [6.45, 7) is 3.79. The maximum absolute atomic E-state index is 12.3. The van der Waals surface area contributed by atoms with Gasteiger partial charge in [-0.05, 0) is 43.4 Å². The van der Waals surface area contributed by atoms with Crippen LogP contribution in [0.5, 0.6) is 0 Å². The predicted octanol–water partition coefficient (Wildman–Crippen LogP) is 3.49. The van der Waals surface area contributed by atoms with Gasteiger partial charge in [-0.1, -0.05) is 24.9 Å². The third-order valence-corrected chi connectivity index (χ3v) is 5.47. The molecule has 0 aliphatic heterocycles. The van der Waals surface area contributed by atoms with Gasteiger partial charge in [0, 0.05) is 27.3 Å². The van der Waals surface area contributed by atoms with Gasteiger partial charge in [0.2, 0.25) is 0 Å². The largest absolute Gasteiger partial charge is 0.349 e. The molecule has 0 spiro atoms. The first-order chi connectivity index (χ1) is 9.74. The summed E-state index contributed by atoms with van der Waals surface area (Å²) in [6, 6.07) is 2.70. The molecular weight excluding hydrogens is 333 g/mol. The lowest BCUT2D eigenvalue weighted by molar-refractivity contribution is 0.0948. The topological polar surface area (TPSA) is 63.2 Å². The molecule has 0 aromatic heterocycles. The number of hydrogen-bond acceptors (Lipinski definition) is 3. The van der Waals surface area contributed by atoms with E-state index in [1.165, 1.54) is 12.1 Å². The predicted molar refractivity (Wildman–Crippen MR) is 83.5 cm³/mol. The molecule has 1 aromatic rings. The summed E-state index contributed by atoms with van der Waals surface area (Å²) in [5.74, 6) is 0.217. The smallest absolute Gasteiger partial charge is 0.261 e. The lowest BCUT2D eigenvalue weighted by Crippen LogP contribution is -2.27. The monoisotopic (exact) mass is 349 g/mol. The van der Waals surface area contributed by atoms with Crippen LogP contribution in [0.4, 0.5) is 0 Å². The van der Waals surface area contributed by atoms with Crippen LogP contribution < -0.4 is 5.32 Å². The molecule has 1 saturated carbocycles. The lowest BCUT2D eigenvalue weighted by Gasteiger charge is -2.10. The van der Waals surface area contributed by atoms with Gasteiger partial charge < -0.3 is 5.32 Å². The van der Waals surface area contributed by atoms with Gasteiger partial charge in [-0.2, -0.15) is 0 Å². The summed E-state index contributed by atoms with van der Waals surface area (Å²) in [5.41, 5.74) is 0.801. The molecule has 1 fully saturated rings. The zero-order valence-corrected chi connectivity index (χ0v) is 14.1. The van der Waals surface area contributed by atoms with Crippen molar-refractivity contribution >= 4 is 37.2 Å². The minimum Gasteiger partial charge on any atom is -0.349 e. The van der Waals surface area contributed by atoms with Crippen molar-refractivity contribution in [1.82, 2.24) is 5.32 Å². The standard InChI is InChI=1S/C14H17Cl2NO3S/c1-3-4-9-5-13(9)17-14(18)11-6-10(21(16,19)20)7-12(15)8(11)2/h6-7,9,13H,3-5H2,1-2H3,(H,17,18). The van der Waals surface area contributed by atoms with Crippen LogP contribution in [0.1, 0.15) is 42.1 Å². The second kappa shape index (κ2) is 6.15. The van der Waals surface area contributed by atoms with E-state index in [0.717, 1.165) is 19.3 Å². The minimum absolute atomic E-state index is 0.161. The van der Waals surface area contributed by atoms with Crippen LogP contribution in [-0.2, 0) is 9.05 Å². The van der Waals surface area contributed by atoms with Gasteiger partial charge >= 0.3 is 0 Å². The number of carbonyl (C=O) groups excluding carboxylic acids is 1. The molecule has 0 heterocycles. The van der Waals surface area contributed by atoms with Crippen molar-refractivity contribution in [2.75, 3.05) is 0 Å². The molecule has 7 heteroatoms. The molecule has 0 radical (unpaired) electrons. The Labute approximate surface area is 134 Å². The van der Waals surface area contributed by atoms with Crippen molar-refractivity contribution in [3.8, 4) is 0 Å². The first kappa shape index (κ1) is 16.6. The fourth-order valence-corrected chi connectivity index (χ4v) is 3.46. The number of benzene rings is 1. The average Bonchev–Trinajstić information content (AvgIpc) is 3.09. The van der Waals surface area contributed by atoms with Crippen LogP contribution in [0, 0.1) is 12.8 Å². The second-order valence-corrected chi connectivity index (χ2v) is 8.35. The lowest BCUT2D eigenvalue weighted by atomic mass is 10.1. The second-order valence-electron chi connectivity index (χ2n) is 5.38. The molecule has 21 heavy (non-hydrogen) atoms. The van der Waals surface area contributed by atoms with Gasteiger partial charge in [-0.15, -0.1) is 0 Å². The van der Waals surface area contributed by atoms with E-state index in [1.807, 2.05) is 0 Å². The van der Waals surface area contributed by atoms with E-state index < -0.39 is 9.05 Å². The Bertz CT molecular complexity index is 673. The molecular formula is C14H17Cl2NO3S. The molecule has 116 valence electrons. The summed E-state index contributed by atoms with van der Waals surface area (Å²) in [7, 11) is 1.40. The van der Waals surface area contributed by atoms with Crippen LogP contribution in [0.3, 0.4) is 0 Å². The maximum Gasteiger partial charge on any atom is 0.261 e. The highest BCUT2D eigenvalue weighted by Crippen LogP contribution is 2.35. The number of carbonyl (C=O) groups is 1. The van der Waals surface area contributed by atoms with E-state index in [2.05, 4.69) is 12.2 Å². The average molecular weight is 350 g/mol. The Morgan fingerprint density at radius 3 is 2.67 bits per heavy atom. The number of halogens is 2. The van der Waals surface area contributed by atoms with E-state index in [-0.39, 0.29) is 27.4 Å². The molecule has 2 rings (SSSR count). The number of rotatable bonds is 5. The summed E-state index contributed by atoms with van der Waals surface area (Å²) in [5, 5.41) is 3.13. The maximum atomic E-state index is 12.3. The molecule has 4 nitrogen and oxygen atoms in total. The first-order valence-electron chi connectivity index (χ1n) is 6.79. The molecule has 2 unspecified atom stereocenters. The fraction of sp³-hybridized carbons (Fsp3) is 0.500. The highest BCUT2D eigenvalue weighted by atomic mass is 35.7. The van der Waals surface area contributed by atoms with E-state index in [0.29, 0.717) is 11.5 Å². The van der Waals surface area contributed by atoms with E-state index in [4.69, 9.17) is 22.3 Å². The summed E-state index contributed by atoms with van der Waals surface area (Å²) < 4.78 is 22.8. The highest BCUT2D eigenvalue weighted by Gasteiger charge is 2.37. The Balaban J connectivity index is 2.23. The molecule has 1 aliphatic rings. The van der Waals surface area contributed by atoms with Crippen LogP contribution in [0.15, 0.2) is 17.0 Å². The summed E-state index contributed by atoms with van der Waals surface area (Å²) in [6.07, 6.45) is 3.14. The van der Waals surface area contributed by atoms with Crippen LogP contribution >= 0.6 is 22.3 Å². The van der Waals surface area contributed by atoms with Gasteiger partial charge in [-0.3, -0.25) is 4.79 Å². The Kier molecular flexibility index (Phi) is 4.85. The molecule has 1 aliphatic carbocycles. The molecule has 1 aromatic carbocycles.